The molecule has 0 bridgehead atoms. The number of hydrogen-bond donors (Lipinski definition) is 2. The van der Waals surface area contributed by atoms with E-state index < -0.39 is 0 Å². The molecule has 9 nitrogen and oxygen atoms in total. The average Bonchev–Trinajstić information content (AvgIpc) is 3.43. The van der Waals surface area contributed by atoms with Crippen molar-refractivity contribution in [1.82, 2.24) is 20.2 Å². The number of carbonyl (C=O) groups is 2. The molecule has 1 atom stereocenters. The highest BCUT2D eigenvalue weighted by Gasteiger charge is 2.34. The maximum Gasteiger partial charge on any atom is 0.318 e. The molecule has 30 heavy (non-hydrogen) atoms. The van der Waals surface area contributed by atoms with Gasteiger partial charge in [0.1, 0.15) is 6.04 Å². The Morgan fingerprint density at radius 1 is 1.27 bits per heavy atom. The van der Waals surface area contributed by atoms with Gasteiger partial charge in [0.2, 0.25) is 6.79 Å². The van der Waals surface area contributed by atoms with Crippen LogP contribution in [0, 0.1) is 0 Å². The van der Waals surface area contributed by atoms with Crippen molar-refractivity contribution in [2.45, 2.75) is 38.1 Å². The van der Waals surface area contributed by atoms with Crippen LogP contribution in [0.3, 0.4) is 0 Å². The van der Waals surface area contributed by atoms with Crippen molar-refractivity contribution in [3.05, 3.63) is 41.5 Å². The summed E-state index contributed by atoms with van der Waals surface area (Å²) in [7, 11) is 1.39. The van der Waals surface area contributed by atoms with Crippen molar-refractivity contribution in [2.75, 3.05) is 27.0 Å². The minimum absolute atomic E-state index is 0.126. The third-order valence-corrected chi connectivity index (χ3v) is 5.46. The zero-order valence-corrected chi connectivity index (χ0v) is 17.0. The molecule has 4 rings (SSSR count). The number of ether oxygens (including phenoxy) is 3. The average molecular weight is 414 g/mol. The fourth-order valence-corrected chi connectivity index (χ4v) is 3.89. The lowest BCUT2D eigenvalue weighted by atomic mass is 9.95. The van der Waals surface area contributed by atoms with Crippen LogP contribution < -0.4 is 14.8 Å². The van der Waals surface area contributed by atoms with Crippen molar-refractivity contribution >= 4 is 12.0 Å². The smallest absolute Gasteiger partial charge is 0.318 e. The molecule has 160 valence electrons. The number of amides is 2. The number of methoxy groups -OCH3 is 1. The number of hydrogen-bond acceptors (Lipinski definition) is 6. The van der Waals surface area contributed by atoms with Crippen LogP contribution in [-0.2, 0) is 16.0 Å². The minimum Gasteiger partial charge on any atom is -0.469 e. The summed E-state index contributed by atoms with van der Waals surface area (Å²) in [6.07, 6.45) is 5.22. The van der Waals surface area contributed by atoms with E-state index in [1.165, 1.54) is 7.11 Å². The van der Waals surface area contributed by atoms with E-state index in [9.17, 15) is 9.59 Å². The molecule has 0 unspecified atom stereocenters. The molecule has 0 fully saturated rings. The standard InChI is InChI=1S/C21H26N4O5/c1-28-18(26)5-3-2-4-9-22-21(27)25-10-8-15-19(24-12-23-15)20(25)14-6-7-16-17(11-14)30-13-29-16/h6-7,11-12,20H,2-5,8-10,13H2,1H3,(H,22,27)(H,23,24)/t20-/m0/s1. The number of nitrogens with zero attached hydrogens (tertiary/aromatic N) is 2. The van der Waals surface area contributed by atoms with E-state index >= 15 is 0 Å². The van der Waals surface area contributed by atoms with Crippen molar-refractivity contribution in [3.8, 4) is 11.5 Å². The fourth-order valence-electron chi connectivity index (χ4n) is 3.89. The molecule has 0 aliphatic carbocycles. The first kappa shape index (κ1) is 20.1. The highest BCUT2D eigenvalue weighted by atomic mass is 16.7. The summed E-state index contributed by atoms with van der Waals surface area (Å²) in [6, 6.07) is 5.32. The second kappa shape index (κ2) is 9.06. The monoisotopic (exact) mass is 414 g/mol. The number of rotatable bonds is 7. The number of benzene rings is 1. The fraction of sp³-hybridized carbons (Fsp3) is 0.476. The first-order chi connectivity index (χ1) is 14.7. The molecule has 3 heterocycles. The van der Waals surface area contributed by atoms with Gasteiger partial charge < -0.3 is 29.4 Å². The highest BCUT2D eigenvalue weighted by Crippen LogP contribution is 2.39. The van der Waals surface area contributed by atoms with Crippen LogP contribution in [-0.4, -0.2) is 53.9 Å². The highest BCUT2D eigenvalue weighted by molar-refractivity contribution is 5.76. The maximum atomic E-state index is 13.0. The topological polar surface area (TPSA) is 106 Å². The zero-order chi connectivity index (χ0) is 20.9. The number of urea groups is 1. The Balaban J connectivity index is 1.41. The predicted octanol–water partition coefficient (Wildman–Crippen LogP) is 2.53. The van der Waals surface area contributed by atoms with E-state index in [2.05, 4.69) is 20.0 Å². The number of imidazole rings is 1. The van der Waals surface area contributed by atoms with E-state index in [1.807, 2.05) is 23.1 Å². The SMILES string of the molecule is COC(=O)CCCCCNC(=O)N1CCc2[nH]cnc2[C@@H]1c1ccc2c(c1)OCO2. The Bertz CT molecular complexity index is 913. The molecule has 2 amide bonds. The number of aromatic amines is 1. The molecule has 1 aromatic carbocycles. The molecule has 2 aliphatic heterocycles. The normalized spacial score (nSPS) is 16.8. The number of unbranched alkanes of at least 4 members (excludes halogenated alkanes) is 2. The van der Waals surface area contributed by atoms with Crippen LogP contribution in [0.1, 0.15) is 48.7 Å². The number of aromatic nitrogens is 2. The van der Waals surface area contributed by atoms with E-state index in [0.29, 0.717) is 31.0 Å². The van der Waals surface area contributed by atoms with Gasteiger partial charge in [0, 0.05) is 31.6 Å². The Morgan fingerprint density at radius 2 is 2.13 bits per heavy atom. The number of nitrogens with one attached hydrogen (secondary N) is 2. The molecule has 2 N–H and O–H groups in total. The Morgan fingerprint density at radius 3 is 3.00 bits per heavy atom. The molecular formula is C21H26N4O5. The van der Waals surface area contributed by atoms with Crippen LogP contribution in [0.4, 0.5) is 4.79 Å². The second-order valence-corrected chi connectivity index (χ2v) is 7.34. The van der Waals surface area contributed by atoms with Gasteiger partial charge in [-0.1, -0.05) is 12.5 Å². The molecule has 2 aromatic rings. The van der Waals surface area contributed by atoms with Crippen molar-refractivity contribution in [2.24, 2.45) is 0 Å². The first-order valence-electron chi connectivity index (χ1n) is 10.2. The molecule has 2 aliphatic rings. The third kappa shape index (κ3) is 4.19. The van der Waals surface area contributed by atoms with Gasteiger partial charge in [-0.15, -0.1) is 0 Å². The summed E-state index contributed by atoms with van der Waals surface area (Å²) < 4.78 is 15.6. The van der Waals surface area contributed by atoms with Gasteiger partial charge in [-0.05, 0) is 30.5 Å². The summed E-state index contributed by atoms with van der Waals surface area (Å²) in [6.45, 7) is 1.34. The van der Waals surface area contributed by atoms with E-state index in [-0.39, 0.29) is 24.8 Å². The molecule has 0 radical (unpaired) electrons. The van der Waals surface area contributed by atoms with Gasteiger partial charge in [0.15, 0.2) is 11.5 Å². The van der Waals surface area contributed by atoms with E-state index in [1.54, 1.807) is 6.33 Å². The lowest BCUT2D eigenvalue weighted by Gasteiger charge is -2.35. The predicted molar refractivity (Wildman–Crippen MR) is 107 cm³/mol. The Hall–Kier alpha value is -3.23. The molecular weight excluding hydrogens is 388 g/mol. The number of esters is 1. The van der Waals surface area contributed by atoms with Gasteiger partial charge in [0.05, 0.1) is 19.1 Å². The second-order valence-electron chi connectivity index (χ2n) is 7.34. The van der Waals surface area contributed by atoms with Crippen molar-refractivity contribution in [3.63, 3.8) is 0 Å². The molecule has 0 saturated heterocycles. The van der Waals surface area contributed by atoms with E-state index in [4.69, 9.17) is 9.47 Å². The number of carbonyl (C=O) groups excluding carboxylic acids is 2. The minimum atomic E-state index is -0.297. The Kier molecular flexibility index (Phi) is 6.06. The van der Waals surface area contributed by atoms with Gasteiger partial charge in [-0.25, -0.2) is 9.78 Å². The van der Waals surface area contributed by atoms with Gasteiger partial charge in [-0.2, -0.15) is 0 Å². The molecule has 1 aromatic heterocycles. The lowest BCUT2D eigenvalue weighted by molar-refractivity contribution is -0.140. The van der Waals surface area contributed by atoms with Crippen molar-refractivity contribution < 1.29 is 23.8 Å². The van der Waals surface area contributed by atoms with Gasteiger partial charge in [0.25, 0.3) is 0 Å². The quantitative estimate of drug-likeness (QED) is 0.533. The molecule has 0 spiro atoms. The third-order valence-electron chi connectivity index (χ3n) is 5.46. The van der Waals surface area contributed by atoms with Crippen LogP contribution in [0.5, 0.6) is 11.5 Å². The van der Waals surface area contributed by atoms with Gasteiger partial charge in [-0.3, -0.25) is 4.79 Å². The lowest BCUT2D eigenvalue weighted by Crippen LogP contribution is -2.46. The number of fused-ring (bicyclic) bond motifs is 2. The number of H-pyrrole nitrogens is 1. The first-order valence-corrected chi connectivity index (χ1v) is 10.2. The van der Waals surface area contributed by atoms with Crippen molar-refractivity contribution in [1.29, 1.82) is 0 Å². The summed E-state index contributed by atoms with van der Waals surface area (Å²) in [4.78, 5) is 33.6. The largest absolute Gasteiger partial charge is 0.469 e. The van der Waals surface area contributed by atoms with E-state index in [0.717, 1.165) is 42.6 Å². The summed E-state index contributed by atoms with van der Waals surface area (Å²) >= 11 is 0. The van der Waals surface area contributed by atoms with Crippen LogP contribution in [0.2, 0.25) is 0 Å². The maximum absolute atomic E-state index is 13.0. The van der Waals surface area contributed by atoms with Gasteiger partial charge >= 0.3 is 12.0 Å². The molecule has 0 saturated carbocycles. The Labute approximate surface area is 174 Å². The summed E-state index contributed by atoms with van der Waals surface area (Å²) in [5, 5.41) is 3.01. The zero-order valence-electron chi connectivity index (χ0n) is 17.0. The van der Waals surface area contributed by atoms with Crippen LogP contribution in [0.15, 0.2) is 24.5 Å². The molecule has 9 heteroatoms. The van der Waals surface area contributed by atoms with Crippen LogP contribution in [0.25, 0.3) is 0 Å². The van der Waals surface area contributed by atoms with Crippen LogP contribution >= 0.6 is 0 Å². The summed E-state index contributed by atoms with van der Waals surface area (Å²) in [5.74, 6) is 1.19. The summed E-state index contributed by atoms with van der Waals surface area (Å²) in [5.41, 5.74) is 2.83.